The first-order valence-electron chi connectivity index (χ1n) is 9.23. The van der Waals surface area contributed by atoms with Crippen LogP contribution in [0.4, 0.5) is 46.4 Å². The third-order valence-electron chi connectivity index (χ3n) is 4.11. The molecule has 0 bridgehead atoms. The van der Waals surface area contributed by atoms with Crippen molar-refractivity contribution in [3.8, 4) is 11.5 Å². The zero-order chi connectivity index (χ0) is 26.3. The van der Waals surface area contributed by atoms with E-state index in [0.717, 1.165) is 42.5 Å². The maximum Gasteiger partial charge on any atom is 0.416 e. The number of amides is 2. The predicted octanol–water partition coefficient (Wildman–Crippen LogP) is 4.85. The van der Waals surface area contributed by atoms with Gasteiger partial charge in [0.25, 0.3) is 11.4 Å². The van der Waals surface area contributed by atoms with E-state index in [-0.39, 0.29) is 34.2 Å². The molecule has 2 amide bonds. The van der Waals surface area contributed by atoms with Crippen molar-refractivity contribution in [2.45, 2.75) is 6.18 Å². The molecule has 0 radical (unpaired) electrons. The van der Waals surface area contributed by atoms with Crippen LogP contribution in [-0.4, -0.2) is 26.1 Å². The Morgan fingerprint density at radius 3 is 1.97 bits per heavy atom. The summed E-state index contributed by atoms with van der Waals surface area (Å²) in [6.45, 7) is 0. The van der Waals surface area contributed by atoms with Crippen LogP contribution in [0.15, 0.2) is 60.7 Å². The number of phenolic OH excluding ortho intramolecular Hbond substituents is 2. The van der Waals surface area contributed by atoms with Crippen LogP contribution in [0.3, 0.4) is 0 Å². The number of hydrogen-bond acceptors (Lipinski definition) is 8. The molecule has 0 atom stereocenters. The molecule has 35 heavy (non-hydrogen) atoms. The van der Waals surface area contributed by atoms with Gasteiger partial charge in [-0.2, -0.15) is 13.2 Å². The minimum Gasteiger partial charge on any atom is -0.506 e. The highest BCUT2D eigenvalue weighted by atomic mass is 19.4. The molecule has 15 heteroatoms. The lowest BCUT2D eigenvalue weighted by Crippen LogP contribution is -2.20. The van der Waals surface area contributed by atoms with Gasteiger partial charge in [-0.25, -0.2) is 4.79 Å². The number of urea groups is 1. The first-order valence-corrected chi connectivity index (χ1v) is 9.23. The van der Waals surface area contributed by atoms with Gasteiger partial charge in [0, 0.05) is 30.0 Å². The van der Waals surface area contributed by atoms with E-state index in [0.29, 0.717) is 0 Å². The first-order chi connectivity index (χ1) is 16.3. The lowest BCUT2D eigenvalue weighted by molar-refractivity contribution is -0.385. The standard InChI is InChI=1S/C14H10F3N3O4.C6H6N2O3/c15-14(16,17)8-2-1-3-9(6-8)18-13(22)19-11-7-10(20(23)24)4-5-12(11)21;7-5-3-4(8(10)11)1-2-6(5)9/h1-7,21H,(H2,18,19,22);1-3,9H,7H2. The second-order valence-electron chi connectivity index (χ2n) is 6.62. The summed E-state index contributed by atoms with van der Waals surface area (Å²) in [6, 6.07) is 9.40. The molecule has 0 aliphatic heterocycles. The molecule has 0 fully saturated rings. The van der Waals surface area contributed by atoms with Gasteiger partial charge in [-0.1, -0.05) is 6.07 Å². The third kappa shape index (κ3) is 7.48. The number of rotatable bonds is 4. The number of nitro benzene ring substituents is 2. The second-order valence-corrected chi connectivity index (χ2v) is 6.62. The Balaban J connectivity index is 0.000000328. The van der Waals surface area contributed by atoms with Gasteiger partial charge >= 0.3 is 12.2 Å². The number of non-ortho nitro benzene ring substituents is 2. The number of nitrogen functional groups attached to an aromatic ring is 1. The summed E-state index contributed by atoms with van der Waals surface area (Å²) in [4.78, 5) is 31.3. The fourth-order valence-electron chi connectivity index (χ4n) is 2.45. The summed E-state index contributed by atoms with van der Waals surface area (Å²) in [7, 11) is 0. The number of nitrogens with zero attached hydrogens (tertiary/aromatic N) is 2. The van der Waals surface area contributed by atoms with Crippen LogP contribution in [0.2, 0.25) is 0 Å². The first kappa shape index (κ1) is 26.2. The predicted molar refractivity (Wildman–Crippen MR) is 118 cm³/mol. The van der Waals surface area contributed by atoms with Crippen molar-refractivity contribution < 1.29 is 38.0 Å². The summed E-state index contributed by atoms with van der Waals surface area (Å²) < 4.78 is 37.8. The lowest BCUT2D eigenvalue weighted by Gasteiger charge is -2.11. The van der Waals surface area contributed by atoms with Gasteiger partial charge in [0.1, 0.15) is 11.5 Å². The number of carbonyl (C=O) groups is 1. The van der Waals surface area contributed by atoms with Gasteiger partial charge in [-0.3, -0.25) is 20.2 Å². The number of benzene rings is 3. The molecular formula is C20H16F3N5O7. The molecule has 12 nitrogen and oxygen atoms in total. The molecule has 3 aromatic rings. The molecule has 0 unspecified atom stereocenters. The van der Waals surface area contributed by atoms with Crippen LogP contribution in [0, 0.1) is 20.2 Å². The van der Waals surface area contributed by atoms with E-state index in [1.807, 2.05) is 0 Å². The average molecular weight is 495 g/mol. The molecule has 0 saturated heterocycles. The Kier molecular flexibility index (Phi) is 8.00. The van der Waals surface area contributed by atoms with Crippen molar-refractivity contribution in [3.63, 3.8) is 0 Å². The van der Waals surface area contributed by atoms with Gasteiger partial charge in [0.05, 0.1) is 26.8 Å². The zero-order valence-electron chi connectivity index (χ0n) is 17.3. The fraction of sp³-hybridized carbons (Fsp3) is 0.0500. The molecule has 0 spiro atoms. The summed E-state index contributed by atoms with van der Waals surface area (Å²) >= 11 is 0. The Morgan fingerprint density at radius 2 is 1.43 bits per heavy atom. The fourth-order valence-corrected chi connectivity index (χ4v) is 2.45. The minimum atomic E-state index is -4.56. The molecule has 0 aliphatic carbocycles. The minimum absolute atomic E-state index is 0.0131. The topological polar surface area (TPSA) is 194 Å². The van der Waals surface area contributed by atoms with Gasteiger partial charge in [0.15, 0.2) is 0 Å². The van der Waals surface area contributed by atoms with Gasteiger partial charge < -0.3 is 26.6 Å². The van der Waals surface area contributed by atoms with Crippen molar-refractivity contribution in [1.29, 1.82) is 0 Å². The highest BCUT2D eigenvalue weighted by molar-refractivity contribution is 6.00. The second kappa shape index (κ2) is 10.7. The van der Waals surface area contributed by atoms with Gasteiger partial charge in [0.2, 0.25) is 0 Å². The summed E-state index contributed by atoms with van der Waals surface area (Å²) in [5.41, 5.74) is 3.39. The van der Waals surface area contributed by atoms with E-state index >= 15 is 0 Å². The smallest absolute Gasteiger partial charge is 0.416 e. The van der Waals surface area contributed by atoms with Crippen LogP contribution >= 0.6 is 0 Å². The van der Waals surface area contributed by atoms with Crippen molar-refractivity contribution in [1.82, 2.24) is 0 Å². The van der Waals surface area contributed by atoms with Crippen molar-refractivity contribution in [2.75, 3.05) is 16.4 Å². The van der Waals surface area contributed by atoms with Crippen molar-refractivity contribution >= 4 is 34.5 Å². The van der Waals surface area contributed by atoms with Gasteiger partial charge in [-0.05, 0) is 30.3 Å². The Bertz CT molecular complexity index is 1270. The van der Waals surface area contributed by atoms with E-state index in [9.17, 15) is 43.3 Å². The van der Waals surface area contributed by atoms with Crippen LogP contribution < -0.4 is 16.4 Å². The maximum atomic E-state index is 12.6. The van der Waals surface area contributed by atoms with Crippen LogP contribution in [0.1, 0.15) is 5.56 Å². The average Bonchev–Trinajstić information content (AvgIpc) is 2.77. The highest BCUT2D eigenvalue weighted by Crippen LogP contribution is 2.31. The van der Waals surface area contributed by atoms with E-state index < -0.39 is 33.4 Å². The monoisotopic (exact) mass is 495 g/mol. The van der Waals surface area contributed by atoms with Gasteiger partial charge in [-0.15, -0.1) is 0 Å². The number of aromatic hydroxyl groups is 2. The summed E-state index contributed by atoms with van der Waals surface area (Å²) in [5.74, 6) is -0.574. The zero-order valence-corrected chi connectivity index (χ0v) is 17.3. The number of hydrogen-bond donors (Lipinski definition) is 5. The van der Waals surface area contributed by atoms with E-state index in [1.54, 1.807) is 0 Å². The third-order valence-corrected chi connectivity index (χ3v) is 4.11. The van der Waals surface area contributed by atoms with E-state index in [4.69, 9.17) is 10.8 Å². The Labute approximate surface area is 193 Å². The van der Waals surface area contributed by atoms with E-state index in [1.165, 1.54) is 18.2 Å². The molecule has 184 valence electrons. The molecule has 3 rings (SSSR count). The number of nitrogens with two attached hydrogens (primary N) is 1. The normalized spacial score (nSPS) is 10.5. The largest absolute Gasteiger partial charge is 0.506 e. The highest BCUT2D eigenvalue weighted by Gasteiger charge is 2.30. The Morgan fingerprint density at radius 1 is 0.857 bits per heavy atom. The molecule has 0 heterocycles. The van der Waals surface area contributed by atoms with E-state index in [2.05, 4.69) is 10.6 Å². The molecular weight excluding hydrogens is 479 g/mol. The number of alkyl halides is 3. The van der Waals surface area contributed by atoms with Crippen molar-refractivity contribution in [3.05, 3.63) is 86.5 Å². The summed E-state index contributed by atoms with van der Waals surface area (Å²) in [6.07, 6.45) is -4.56. The lowest BCUT2D eigenvalue weighted by atomic mass is 10.2. The SMILES string of the molecule is Nc1cc([N+](=O)[O-])ccc1O.O=C(Nc1cccc(C(F)(F)F)c1)Nc1cc([N+](=O)[O-])ccc1O. The molecule has 0 aromatic heterocycles. The van der Waals surface area contributed by atoms with Crippen LogP contribution in [0.5, 0.6) is 11.5 Å². The maximum absolute atomic E-state index is 12.6. The molecule has 0 saturated carbocycles. The summed E-state index contributed by atoms with van der Waals surface area (Å²) in [5, 5.41) is 43.5. The molecule has 6 N–H and O–H groups in total. The van der Waals surface area contributed by atoms with Crippen molar-refractivity contribution in [2.24, 2.45) is 0 Å². The number of nitrogens with one attached hydrogen (secondary N) is 2. The quantitative estimate of drug-likeness (QED) is 0.147. The van der Waals surface area contributed by atoms with Crippen LogP contribution in [0.25, 0.3) is 0 Å². The Hall–Kier alpha value is -5.08. The number of phenols is 2. The van der Waals surface area contributed by atoms with Crippen LogP contribution in [-0.2, 0) is 6.18 Å². The number of carbonyl (C=O) groups excluding carboxylic acids is 1. The molecule has 3 aromatic carbocycles. The molecule has 0 aliphatic rings. The number of halogens is 3. The number of anilines is 3. The number of nitro groups is 2.